The lowest BCUT2D eigenvalue weighted by Gasteiger charge is -2.08. The summed E-state index contributed by atoms with van der Waals surface area (Å²) in [6.07, 6.45) is 3.83. The third kappa shape index (κ3) is 3.86. The van der Waals surface area contributed by atoms with Gasteiger partial charge in [-0.05, 0) is 89.3 Å². The molecule has 0 aliphatic heterocycles. The molecule has 0 saturated carbocycles. The summed E-state index contributed by atoms with van der Waals surface area (Å²) in [6, 6.07) is 43.7. The first-order chi connectivity index (χ1) is 23.2. The molecule has 0 radical (unpaired) electrons. The fraction of sp³-hybridized carbons (Fsp3) is 0. The van der Waals surface area contributed by atoms with Gasteiger partial charge in [-0.3, -0.25) is 4.98 Å². The highest BCUT2D eigenvalue weighted by molar-refractivity contribution is 6.12. The summed E-state index contributed by atoms with van der Waals surface area (Å²) in [5.41, 5.74) is 11.5. The Kier molecular flexibility index (Phi) is 5.28. The zero-order valence-electron chi connectivity index (χ0n) is 24.9. The molecule has 47 heavy (non-hydrogen) atoms. The van der Waals surface area contributed by atoms with Crippen LogP contribution in [0.5, 0.6) is 0 Å². The van der Waals surface area contributed by atoms with Gasteiger partial charge >= 0.3 is 0 Å². The van der Waals surface area contributed by atoms with Crippen LogP contribution in [0, 0.1) is 6.57 Å². The van der Waals surface area contributed by atoms with Gasteiger partial charge in [-0.15, -0.1) is 0 Å². The Morgan fingerprint density at radius 1 is 0.468 bits per heavy atom. The largest absolute Gasteiger partial charge is 0.456 e. The van der Waals surface area contributed by atoms with Gasteiger partial charge in [0.1, 0.15) is 22.3 Å². The highest BCUT2D eigenvalue weighted by Gasteiger charge is 2.16. The molecular weight excluding hydrogens is 578 g/mol. The minimum atomic E-state index is 0.637. The van der Waals surface area contributed by atoms with Crippen molar-refractivity contribution in [1.29, 1.82) is 0 Å². The Labute approximate surface area is 268 Å². The maximum Gasteiger partial charge on any atom is 0.188 e. The number of aromatic nitrogens is 2. The molecule has 0 aliphatic carbocycles. The van der Waals surface area contributed by atoms with E-state index >= 15 is 0 Å². The van der Waals surface area contributed by atoms with E-state index in [1.54, 1.807) is 0 Å². The fourth-order valence-electron chi connectivity index (χ4n) is 7.05. The van der Waals surface area contributed by atoms with Crippen LogP contribution in [-0.2, 0) is 0 Å². The predicted octanol–water partition coefficient (Wildman–Crippen LogP) is 11.9. The monoisotopic (exact) mass is 601 g/mol. The lowest BCUT2D eigenvalue weighted by molar-refractivity contribution is 0.668. The summed E-state index contributed by atoms with van der Waals surface area (Å²) in [7, 11) is 0. The minimum Gasteiger partial charge on any atom is -0.456 e. The SMILES string of the molecule is [C-]#[N+]c1ccc2c(c1)c1ccccc1n2-c1ccc2oc3ccc(-c4cncc(-c5ccc6oc7ccccc7c6c5)c4)cc3c2c1. The van der Waals surface area contributed by atoms with Crippen molar-refractivity contribution >= 4 is 71.4 Å². The average molecular weight is 602 g/mol. The summed E-state index contributed by atoms with van der Waals surface area (Å²) >= 11 is 0. The number of fused-ring (bicyclic) bond motifs is 9. The second-order valence-corrected chi connectivity index (χ2v) is 11.9. The normalized spacial score (nSPS) is 11.8. The molecule has 4 heterocycles. The van der Waals surface area contributed by atoms with E-state index in [0.717, 1.165) is 93.6 Å². The van der Waals surface area contributed by atoms with Crippen molar-refractivity contribution in [2.45, 2.75) is 0 Å². The maximum atomic E-state index is 7.53. The molecule has 0 N–H and O–H groups in total. The third-order valence-corrected chi connectivity index (χ3v) is 9.28. The molecule has 0 bridgehead atoms. The number of benzene rings is 6. The van der Waals surface area contributed by atoms with Crippen LogP contribution in [0.15, 0.2) is 149 Å². The van der Waals surface area contributed by atoms with Gasteiger partial charge in [-0.1, -0.05) is 54.6 Å². The van der Waals surface area contributed by atoms with E-state index in [1.807, 2.05) is 67.0 Å². The Balaban J connectivity index is 1.10. The molecule has 0 fully saturated rings. The number of para-hydroxylation sites is 2. The van der Waals surface area contributed by atoms with E-state index in [1.165, 1.54) is 0 Å². The first-order valence-corrected chi connectivity index (χ1v) is 15.5. The molecule has 0 unspecified atom stereocenters. The van der Waals surface area contributed by atoms with Crippen molar-refractivity contribution in [3.8, 4) is 27.9 Å². The van der Waals surface area contributed by atoms with Crippen molar-refractivity contribution in [3.05, 3.63) is 151 Å². The molecule has 0 amide bonds. The van der Waals surface area contributed by atoms with Crippen molar-refractivity contribution in [2.75, 3.05) is 0 Å². The molecular formula is C42H23N3O2. The van der Waals surface area contributed by atoms with Crippen LogP contribution in [0.2, 0.25) is 0 Å². The number of furan rings is 2. The number of hydrogen-bond donors (Lipinski definition) is 0. The van der Waals surface area contributed by atoms with Crippen LogP contribution in [0.3, 0.4) is 0 Å². The van der Waals surface area contributed by atoms with Gasteiger partial charge in [0.05, 0.1) is 17.6 Å². The van der Waals surface area contributed by atoms with E-state index in [-0.39, 0.29) is 0 Å². The lowest BCUT2D eigenvalue weighted by atomic mass is 9.99. The van der Waals surface area contributed by atoms with Crippen LogP contribution < -0.4 is 0 Å². The third-order valence-electron chi connectivity index (χ3n) is 9.28. The summed E-state index contributed by atoms with van der Waals surface area (Å²) in [5, 5.41) is 6.50. The van der Waals surface area contributed by atoms with Gasteiger partial charge in [-0.2, -0.15) is 0 Å². The van der Waals surface area contributed by atoms with Gasteiger partial charge in [0.15, 0.2) is 5.69 Å². The minimum absolute atomic E-state index is 0.637. The van der Waals surface area contributed by atoms with Gasteiger partial charge in [-0.25, -0.2) is 4.85 Å². The number of rotatable bonds is 3. The topological polar surface area (TPSA) is 48.5 Å². The Bertz CT molecular complexity index is 2930. The van der Waals surface area contributed by atoms with Crippen LogP contribution in [-0.4, -0.2) is 9.55 Å². The molecule has 10 aromatic rings. The maximum absolute atomic E-state index is 7.53. The van der Waals surface area contributed by atoms with E-state index in [9.17, 15) is 0 Å². The molecule has 10 rings (SSSR count). The van der Waals surface area contributed by atoms with E-state index < -0.39 is 0 Å². The smallest absolute Gasteiger partial charge is 0.188 e. The van der Waals surface area contributed by atoms with Gasteiger partial charge in [0, 0.05) is 56.1 Å². The Morgan fingerprint density at radius 3 is 1.81 bits per heavy atom. The Morgan fingerprint density at radius 2 is 1.06 bits per heavy atom. The van der Waals surface area contributed by atoms with Crippen molar-refractivity contribution in [3.63, 3.8) is 0 Å². The Hall–Kier alpha value is -6.64. The molecule has 0 atom stereocenters. The van der Waals surface area contributed by atoms with Crippen LogP contribution >= 0.6 is 0 Å². The lowest BCUT2D eigenvalue weighted by Crippen LogP contribution is -1.93. The first-order valence-electron chi connectivity index (χ1n) is 15.5. The van der Waals surface area contributed by atoms with Crippen LogP contribution in [0.4, 0.5) is 5.69 Å². The van der Waals surface area contributed by atoms with E-state index in [0.29, 0.717) is 5.69 Å². The molecule has 0 saturated heterocycles. The second-order valence-electron chi connectivity index (χ2n) is 11.9. The van der Waals surface area contributed by atoms with Crippen molar-refractivity contribution < 1.29 is 8.83 Å². The summed E-state index contributed by atoms with van der Waals surface area (Å²) in [5.74, 6) is 0. The molecule has 0 aliphatic rings. The highest BCUT2D eigenvalue weighted by Crippen LogP contribution is 2.39. The van der Waals surface area contributed by atoms with E-state index in [2.05, 4.69) is 87.2 Å². The number of hydrogen-bond acceptors (Lipinski definition) is 3. The quantitative estimate of drug-likeness (QED) is 0.189. The molecule has 5 nitrogen and oxygen atoms in total. The average Bonchev–Trinajstić information content (AvgIpc) is 3.80. The molecule has 218 valence electrons. The number of pyridine rings is 1. The van der Waals surface area contributed by atoms with Gasteiger partial charge in [0.2, 0.25) is 0 Å². The second kappa shape index (κ2) is 9.68. The summed E-state index contributed by atoms with van der Waals surface area (Å²) < 4.78 is 14.6. The molecule has 4 aromatic heterocycles. The molecule has 0 spiro atoms. The molecule has 6 aromatic carbocycles. The summed E-state index contributed by atoms with van der Waals surface area (Å²) in [6.45, 7) is 7.53. The van der Waals surface area contributed by atoms with Crippen molar-refractivity contribution in [2.24, 2.45) is 0 Å². The first kappa shape index (κ1) is 25.7. The zero-order valence-corrected chi connectivity index (χ0v) is 24.9. The van der Waals surface area contributed by atoms with Crippen molar-refractivity contribution in [1.82, 2.24) is 9.55 Å². The zero-order chi connectivity index (χ0) is 31.1. The molecule has 5 heteroatoms. The highest BCUT2D eigenvalue weighted by atomic mass is 16.3. The van der Waals surface area contributed by atoms with Crippen LogP contribution in [0.1, 0.15) is 0 Å². The predicted molar refractivity (Wildman–Crippen MR) is 190 cm³/mol. The standard InChI is InChI=1S/C42H23N3O2/c1-43-29-12-14-38-33(21-29)31-6-2-4-8-37(31)45(38)30-13-17-42-36(22-30)35-20-26(11-16-41(35)47-42)28-18-27(23-44-24-28)25-10-15-40-34(19-25)32-7-3-5-9-39(32)46-40/h2-24H. The summed E-state index contributed by atoms with van der Waals surface area (Å²) in [4.78, 5) is 8.32. The van der Waals surface area contributed by atoms with E-state index in [4.69, 9.17) is 15.4 Å². The number of nitrogens with zero attached hydrogens (tertiary/aromatic N) is 3. The van der Waals surface area contributed by atoms with Gasteiger partial charge in [0.25, 0.3) is 0 Å². The van der Waals surface area contributed by atoms with Gasteiger partial charge < -0.3 is 13.4 Å². The fourth-order valence-corrected chi connectivity index (χ4v) is 7.05. The van der Waals surface area contributed by atoms with Crippen LogP contribution in [0.25, 0.3) is 98.5 Å².